The van der Waals surface area contributed by atoms with Crippen LogP contribution in [0.3, 0.4) is 0 Å². The minimum Gasteiger partial charge on any atom is -0.354 e. The van der Waals surface area contributed by atoms with Crippen LogP contribution in [0.15, 0.2) is 54.9 Å². The Bertz CT molecular complexity index is 915. The molecular formula is C20H20F3N5. The highest BCUT2D eigenvalue weighted by molar-refractivity contribution is 5.62. The molecule has 5 nitrogen and oxygen atoms in total. The smallest absolute Gasteiger partial charge is 0.354 e. The van der Waals surface area contributed by atoms with E-state index in [-0.39, 0.29) is 0 Å². The lowest BCUT2D eigenvalue weighted by Gasteiger charge is -2.35. The molecule has 1 N–H and O–H groups in total. The summed E-state index contributed by atoms with van der Waals surface area (Å²) < 4.78 is 38.8. The number of H-pyrrole nitrogens is 1. The Labute approximate surface area is 160 Å². The fourth-order valence-electron chi connectivity index (χ4n) is 3.43. The fraction of sp³-hybridized carbons (Fsp3) is 0.300. The molecule has 0 radical (unpaired) electrons. The molecule has 3 aromatic rings. The predicted octanol–water partition coefficient (Wildman–Crippen LogP) is 3.81. The van der Waals surface area contributed by atoms with Crippen molar-refractivity contribution in [3.63, 3.8) is 0 Å². The third-order valence-corrected chi connectivity index (χ3v) is 4.94. The third kappa shape index (κ3) is 4.01. The van der Waals surface area contributed by atoms with Gasteiger partial charge in [0.15, 0.2) is 0 Å². The molecule has 0 bridgehead atoms. The van der Waals surface area contributed by atoms with Crippen LogP contribution in [0.2, 0.25) is 0 Å². The van der Waals surface area contributed by atoms with Gasteiger partial charge in [0.25, 0.3) is 0 Å². The summed E-state index contributed by atoms with van der Waals surface area (Å²) in [7, 11) is 0. The highest BCUT2D eigenvalue weighted by Crippen LogP contribution is 2.31. The van der Waals surface area contributed by atoms with E-state index in [2.05, 4.69) is 20.1 Å². The van der Waals surface area contributed by atoms with Crippen LogP contribution in [0.4, 0.5) is 19.0 Å². The van der Waals surface area contributed by atoms with Crippen LogP contribution >= 0.6 is 0 Å². The number of nitrogens with one attached hydrogen (secondary N) is 1. The molecule has 0 saturated carbocycles. The Morgan fingerprint density at radius 3 is 2.46 bits per heavy atom. The summed E-state index contributed by atoms with van der Waals surface area (Å²) >= 11 is 0. The van der Waals surface area contributed by atoms with Crippen LogP contribution in [0.1, 0.15) is 11.1 Å². The molecular weight excluding hydrogens is 367 g/mol. The van der Waals surface area contributed by atoms with Gasteiger partial charge in [-0.3, -0.25) is 10.00 Å². The zero-order chi connectivity index (χ0) is 19.6. The number of benzene rings is 1. The van der Waals surface area contributed by atoms with Crippen molar-refractivity contribution in [2.24, 2.45) is 0 Å². The van der Waals surface area contributed by atoms with Gasteiger partial charge in [-0.25, -0.2) is 4.98 Å². The SMILES string of the molecule is FC(F)(F)c1ccnc(N2CCN(Cc3cn[nH]c3-c3ccccc3)CC2)c1. The lowest BCUT2D eigenvalue weighted by molar-refractivity contribution is -0.137. The minimum atomic E-state index is -4.35. The average molecular weight is 387 g/mol. The van der Waals surface area contributed by atoms with E-state index in [1.807, 2.05) is 41.4 Å². The van der Waals surface area contributed by atoms with Gasteiger partial charge in [-0.15, -0.1) is 0 Å². The second kappa shape index (κ2) is 7.63. The summed E-state index contributed by atoms with van der Waals surface area (Å²) in [5.74, 6) is 0.378. The number of hydrogen-bond donors (Lipinski definition) is 1. The van der Waals surface area contributed by atoms with E-state index in [0.29, 0.717) is 18.9 Å². The van der Waals surface area contributed by atoms with Gasteiger partial charge in [0, 0.05) is 44.5 Å². The monoisotopic (exact) mass is 387 g/mol. The first-order valence-corrected chi connectivity index (χ1v) is 9.09. The molecule has 1 saturated heterocycles. The van der Waals surface area contributed by atoms with Crippen LogP contribution in [0.25, 0.3) is 11.3 Å². The van der Waals surface area contributed by atoms with Crippen molar-refractivity contribution >= 4 is 5.82 Å². The Balaban J connectivity index is 1.40. The number of rotatable bonds is 4. The highest BCUT2D eigenvalue weighted by Gasteiger charge is 2.31. The van der Waals surface area contributed by atoms with Crippen molar-refractivity contribution < 1.29 is 13.2 Å². The number of piperazine rings is 1. The third-order valence-electron chi connectivity index (χ3n) is 4.94. The molecule has 8 heteroatoms. The maximum atomic E-state index is 12.9. The van der Waals surface area contributed by atoms with Crippen molar-refractivity contribution in [3.8, 4) is 11.3 Å². The van der Waals surface area contributed by atoms with Gasteiger partial charge in [-0.05, 0) is 17.7 Å². The molecule has 0 aliphatic carbocycles. The largest absolute Gasteiger partial charge is 0.416 e. The molecule has 0 unspecified atom stereocenters. The maximum Gasteiger partial charge on any atom is 0.416 e. The maximum absolute atomic E-state index is 12.9. The molecule has 3 heterocycles. The molecule has 1 aromatic carbocycles. The van der Waals surface area contributed by atoms with Gasteiger partial charge in [0.2, 0.25) is 0 Å². The zero-order valence-corrected chi connectivity index (χ0v) is 15.2. The molecule has 146 valence electrons. The summed E-state index contributed by atoms with van der Waals surface area (Å²) in [6, 6.07) is 12.1. The van der Waals surface area contributed by atoms with Crippen molar-refractivity contribution in [1.29, 1.82) is 0 Å². The van der Waals surface area contributed by atoms with Crippen molar-refractivity contribution in [1.82, 2.24) is 20.1 Å². The zero-order valence-electron chi connectivity index (χ0n) is 15.2. The predicted molar refractivity (Wildman–Crippen MR) is 101 cm³/mol. The van der Waals surface area contributed by atoms with Gasteiger partial charge in [-0.1, -0.05) is 30.3 Å². The number of nitrogens with zero attached hydrogens (tertiary/aromatic N) is 4. The average Bonchev–Trinajstić information content (AvgIpc) is 3.17. The van der Waals surface area contributed by atoms with E-state index in [4.69, 9.17) is 0 Å². The van der Waals surface area contributed by atoms with Crippen LogP contribution in [-0.4, -0.2) is 46.3 Å². The first-order valence-electron chi connectivity index (χ1n) is 9.09. The lowest BCUT2D eigenvalue weighted by atomic mass is 10.1. The van der Waals surface area contributed by atoms with Crippen LogP contribution in [0.5, 0.6) is 0 Å². The van der Waals surface area contributed by atoms with E-state index in [9.17, 15) is 13.2 Å². The highest BCUT2D eigenvalue weighted by atomic mass is 19.4. The van der Waals surface area contributed by atoms with E-state index >= 15 is 0 Å². The molecule has 1 fully saturated rings. The summed E-state index contributed by atoms with van der Waals surface area (Å²) in [6.45, 7) is 3.50. The molecule has 0 amide bonds. The molecule has 0 atom stereocenters. The molecule has 4 rings (SSSR count). The minimum absolute atomic E-state index is 0.378. The fourth-order valence-corrected chi connectivity index (χ4v) is 3.43. The van der Waals surface area contributed by atoms with Gasteiger partial charge in [0.1, 0.15) is 5.82 Å². The molecule has 0 spiro atoms. The number of hydrogen-bond acceptors (Lipinski definition) is 4. The van der Waals surface area contributed by atoms with Gasteiger partial charge >= 0.3 is 6.18 Å². The van der Waals surface area contributed by atoms with Crippen molar-refractivity contribution in [2.75, 3.05) is 31.1 Å². The lowest BCUT2D eigenvalue weighted by Crippen LogP contribution is -2.46. The number of anilines is 1. The number of alkyl halides is 3. The Morgan fingerprint density at radius 1 is 1.00 bits per heavy atom. The normalized spacial score (nSPS) is 15.8. The van der Waals surface area contributed by atoms with Crippen molar-refractivity contribution in [3.05, 3.63) is 66.0 Å². The molecule has 2 aromatic heterocycles. The molecule has 1 aliphatic rings. The Morgan fingerprint density at radius 2 is 1.75 bits per heavy atom. The van der Waals surface area contributed by atoms with Crippen molar-refractivity contribution in [2.45, 2.75) is 12.7 Å². The van der Waals surface area contributed by atoms with Gasteiger partial charge in [-0.2, -0.15) is 18.3 Å². The number of pyridine rings is 1. The summed E-state index contributed by atoms with van der Waals surface area (Å²) in [5, 5.41) is 7.24. The number of halogens is 3. The molecule has 28 heavy (non-hydrogen) atoms. The first kappa shape index (κ1) is 18.5. The first-order chi connectivity index (χ1) is 13.5. The summed E-state index contributed by atoms with van der Waals surface area (Å²) in [4.78, 5) is 8.30. The summed E-state index contributed by atoms with van der Waals surface area (Å²) in [5.41, 5.74) is 2.53. The van der Waals surface area contributed by atoms with E-state index in [0.717, 1.165) is 48.6 Å². The van der Waals surface area contributed by atoms with Crippen LogP contribution in [-0.2, 0) is 12.7 Å². The van der Waals surface area contributed by atoms with E-state index in [1.165, 1.54) is 6.20 Å². The topological polar surface area (TPSA) is 48.1 Å². The Kier molecular flexibility index (Phi) is 5.04. The summed E-state index contributed by atoms with van der Waals surface area (Å²) in [6.07, 6.45) is -1.29. The number of aromatic amines is 1. The van der Waals surface area contributed by atoms with Crippen LogP contribution < -0.4 is 4.90 Å². The van der Waals surface area contributed by atoms with Gasteiger partial charge < -0.3 is 4.90 Å². The quantitative estimate of drug-likeness (QED) is 0.740. The van der Waals surface area contributed by atoms with E-state index < -0.39 is 11.7 Å². The van der Waals surface area contributed by atoms with Gasteiger partial charge in [0.05, 0.1) is 17.5 Å². The molecule has 1 aliphatic heterocycles. The van der Waals surface area contributed by atoms with E-state index in [1.54, 1.807) is 0 Å². The second-order valence-corrected chi connectivity index (χ2v) is 6.80. The van der Waals surface area contributed by atoms with Crippen LogP contribution in [0, 0.1) is 0 Å². The number of aromatic nitrogens is 3. The second-order valence-electron chi connectivity index (χ2n) is 6.80. The standard InChI is InChI=1S/C20H20F3N5/c21-20(22,23)17-6-7-24-18(12-17)28-10-8-27(9-11-28)14-16-13-25-26-19(16)15-4-2-1-3-5-15/h1-7,12-13H,8-11,14H2,(H,25,26). The Hall–Kier alpha value is -2.87.